The van der Waals surface area contributed by atoms with Gasteiger partial charge >= 0.3 is 0 Å². The average molecular weight is 645 g/mol. The van der Waals surface area contributed by atoms with Gasteiger partial charge in [-0.2, -0.15) is 0 Å². The van der Waals surface area contributed by atoms with Crippen LogP contribution in [0.2, 0.25) is 0 Å². The van der Waals surface area contributed by atoms with Gasteiger partial charge in [0.15, 0.2) is 11.2 Å². The first-order chi connectivity index (χ1) is 28.1. The lowest BCUT2D eigenvalue weighted by atomic mass is 9.83. The zero-order valence-electron chi connectivity index (χ0n) is 34.4. The molecule has 0 amide bonds. The molecule has 2 aromatic heterocycles. The summed E-state index contributed by atoms with van der Waals surface area (Å²) in [5, 5.41) is 5.64. The van der Waals surface area contributed by atoms with Crippen LogP contribution in [0.5, 0.6) is 0 Å². The zero-order chi connectivity index (χ0) is 39.7. The van der Waals surface area contributed by atoms with Gasteiger partial charge in [-0.05, 0) is 96.0 Å². The molecule has 0 aliphatic rings. The maximum atomic E-state index is 9.48. The van der Waals surface area contributed by atoms with Crippen molar-refractivity contribution in [2.45, 2.75) is 0 Å². The minimum atomic E-state index is -0.448. The van der Waals surface area contributed by atoms with Crippen molar-refractivity contribution in [3.8, 4) is 33.4 Å². The van der Waals surface area contributed by atoms with Crippen molar-refractivity contribution in [1.82, 2.24) is 0 Å². The van der Waals surface area contributed by atoms with Crippen molar-refractivity contribution in [2.75, 3.05) is 0 Å². The molecule has 0 spiro atoms. The molecular weight excluding hydrogens is 609 g/mol. The summed E-state index contributed by atoms with van der Waals surface area (Å²) >= 11 is 0. The first-order valence-corrected chi connectivity index (χ1v) is 16.4. The highest BCUT2D eigenvalue weighted by Crippen LogP contribution is 2.47. The molecule has 0 saturated heterocycles. The number of fused-ring (bicyclic) bond motifs is 10. The molecule has 0 N–H and O–H groups in total. The van der Waals surface area contributed by atoms with Crippen LogP contribution in [0.1, 0.15) is 11.0 Å². The summed E-state index contributed by atoms with van der Waals surface area (Å²) in [6.07, 6.45) is 0. The third-order valence-electron chi connectivity index (χ3n) is 9.93. The highest BCUT2D eigenvalue weighted by atomic mass is 16.4. The predicted octanol–water partition coefficient (Wildman–Crippen LogP) is 13.9. The molecule has 0 aliphatic heterocycles. The van der Waals surface area contributed by atoms with E-state index in [0.717, 1.165) is 43.6 Å². The molecule has 9 aromatic carbocycles. The molecule has 50 heavy (non-hydrogen) atoms. The summed E-state index contributed by atoms with van der Waals surface area (Å²) in [7, 11) is 0. The Labute approximate surface area is 298 Å². The lowest BCUT2D eigenvalue weighted by Gasteiger charge is -2.19. The molecule has 11 aromatic rings. The number of benzene rings is 9. The maximum absolute atomic E-state index is 9.48. The van der Waals surface area contributed by atoms with Gasteiger partial charge in [0.1, 0.15) is 11.2 Å². The predicted molar refractivity (Wildman–Crippen MR) is 210 cm³/mol. The first-order valence-electron chi connectivity index (χ1n) is 20.4. The van der Waals surface area contributed by atoms with Gasteiger partial charge in [0.2, 0.25) is 0 Å². The van der Waals surface area contributed by atoms with E-state index in [2.05, 4.69) is 0 Å². The third kappa shape index (κ3) is 3.85. The van der Waals surface area contributed by atoms with Crippen molar-refractivity contribution >= 4 is 76.2 Å². The van der Waals surface area contributed by atoms with Crippen LogP contribution in [-0.4, -0.2) is 0 Å². The van der Waals surface area contributed by atoms with Crippen LogP contribution in [0.4, 0.5) is 0 Å². The Balaban J connectivity index is 1.31. The number of para-hydroxylation sites is 1. The Bertz CT molecular complexity index is 3530. The quantitative estimate of drug-likeness (QED) is 0.179. The van der Waals surface area contributed by atoms with Crippen LogP contribution >= 0.6 is 0 Å². The molecule has 11 rings (SSSR count). The van der Waals surface area contributed by atoms with E-state index in [0.29, 0.717) is 38.8 Å². The standard InChI is InChI=1S/C48H28O2/c1-2-12-29(13-3-1)31-23-24-39(33-15-5-4-14-32(31)33)46-37-19-8-6-17-35(37)45(36-18-7-9-20-38(36)46)30-22-27-44-42(28-30)41-26-25-40-34-16-10-11-21-43(34)49-47(40)48(41)50-44/h1-28H/i6D,7D,8D,9D,17D,18D,19D,20D. The van der Waals surface area contributed by atoms with Gasteiger partial charge in [-0.25, -0.2) is 0 Å². The molecule has 0 aliphatic carbocycles. The average Bonchev–Trinajstić information content (AvgIpc) is 3.83. The smallest absolute Gasteiger partial charge is 0.178 e. The van der Waals surface area contributed by atoms with E-state index in [1.54, 1.807) is 12.1 Å². The lowest BCUT2D eigenvalue weighted by Crippen LogP contribution is -1.92. The van der Waals surface area contributed by atoms with Crippen molar-refractivity contribution in [1.29, 1.82) is 0 Å². The van der Waals surface area contributed by atoms with Gasteiger partial charge < -0.3 is 8.83 Å². The minimum absolute atomic E-state index is 0.154. The maximum Gasteiger partial charge on any atom is 0.178 e. The molecule has 0 unspecified atom stereocenters. The van der Waals surface area contributed by atoms with Gasteiger partial charge in [0, 0.05) is 21.5 Å². The molecule has 0 bridgehead atoms. The zero-order valence-corrected chi connectivity index (χ0v) is 26.4. The van der Waals surface area contributed by atoms with Crippen LogP contribution in [0.25, 0.3) is 110 Å². The van der Waals surface area contributed by atoms with Crippen LogP contribution in [0.15, 0.2) is 179 Å². The Morgan fingerprint density at radius 3 is 1.54 bits per heavy atom. The van der Waals surface area contributed by atoms with Crippen molar-refractivity contribution in [2.24, 2.45) is 0 Å². The van der Waals surface area contributed by atoms with Gasteiger partial charge in [-0.15, -0.1) is 0 Å². The van der Waals surface area contributed by atoms with Crippen LogP contribution in [0.3, 0.4) is 0 Å². The van der Waals surface area contributed by atoms with Crippen LogP contribution in [-0.2, 0) is 0 Å². The molecule has 2 heteroatoms. The van der Waals surface area contributed by atoms with E-state index in [-0.39, 0.29) is 51.3 Å². The number of rotatable bonds is 3. The Kier molecular flexibility index (Phi) is 4.31. The summed E-state index contributed by atoms with van der Waals surface area (Å²) < 4.78 is 86.3. The summed E-state index contributed by atoms with van der Waals surface area (Å²) in [6.45, 7) is 0. The van der Waals surface area contributed by atoms with Gasteiger partial charge in [0.05, 0.1) is 11.0 Å². The Morgan fingerprint density at radius 1 is 0.340 bits per heavy atom. The first kappa shape index (κ1) is 20.7. The molecular formula is C48H28O2. The van der Waals surface area contributed by atoms with Gasteiger partial charge in [-0.3, -0.25) is 0 Å². The Hall–Kier alpha value is -6.64. The van der Waals surface area contributed by atoms with E-state index >= 15 is 0 Å². The Morgan fingerprint density at radius 2 is 0.860 bits per heavy atom. The van der Waals surface area contributed by atoms with Crippen molar-refractivity contribution in [3.63, 3.8) is 0 Å². The van der Waals surface area contributed by atoms with E-state index in [4.69, 9.17) is 14.3 Å². The molecule has 2 heterocycles. The topological polar surface area (TPSA) is 26.3 Å². The van der Waals surface area contributed by atoms with Crippen molar-refractivity contribution in [3.05, 3.63) is 170 Å². The monoisotopic (exact) mass is 644 g/mol. The number of furan rings is 2. The second-order valence-electron chi connectivity index (χ2n) is 12.6. The second kappa shape index (κ2) is 10.4. The van der Waals surface area contributed by atoms with Crippen LogP contribution in [0, 0.1) is 0 Å². The van der Waals surface area contributed by atoms with E-state index in [1.807, 2.05) is 109 Å². The normalized spacial score (nSPS) is 14.2. The highest BCUT2D eigenvalue weighted by Gasteiger charge is 2.21. The summed E-state index contributed by atoms with van der Waals surface area (Å²) in [5.41, 5.74) is 6.06. The SMILES string of the molecule is [2H]c1c([2H])c([2H])c2c(-c3ccc(-c4ccccc4)c4ccccc34)c3c([2H])c([2H])c([2H])c([2H])c3c(-c3ccc4oc5c(ccc6c7ccccc7oc65)c4c3)c2c1[2H]. The molecule has 0 saturated carbocycles. The summed E-state index contributed by atoms with van der Waals surface area (Å²) in [6, 6.07) is 35.7. The van der Waals surface area contributed by atoms with Crippen LogP contribution < -0.4 is 0 Å². The van der Waals surface area contributed by atoms with E-state index < -0.39 is 24.2 Å². The number of hydrogen-bond acceptors (Lipinski definition) is 2. The fourth-order valence-electron chi connectivity index (χ4n) is 7.74. The molecule has 232 valence electrons. The van der Waals surface area contributed by atoms with Gasteiger partial charge in [-0.1, -0.05) is 139 Å². The van der Waals surface area contributed by atoms with Crippen molar-refractivity contribution < 1.29 is 19.8 Å². The minimum Gasteiger partial charge on any atom is -0.452 e. The fourth-order valence-corrected chi connectivity index (χ4v) is 7.74. The number of hydrogen-bond donors (Lipinski definition) is 0. The van der Waals surface area contributed by atoms with E-state index in [9.17, 15) is 5.48 Å². The fraction of sp³-hybridized carbons (Fsp3) is 0. The summed E-state index contributed by atoms with van der Waals surface area (Å²) in [5.74, 6) is 0. The molecule has 0 radical (unpaired) electrons. The highest BCUT2D eigenvalue weighted by molar-refractivity contribution is 6.25. The van der Waals surface area contributed by atoms with Gasteiger partial charge in [0.25, 0.3) is 0 Å². The molecule has 0 atom stereocenters. The second-order valence-corrected chi connectivity index (χ2v) is 12.6. The molecule has 2 nitrogen and oxygen atoms in total. The summed E-state index contributed by atoms with van der Waals surface area (Å²) in [4.78, 5) is 0. The largest absolute Gasteiger partial charge is 0.452 e. The lowest BCUT2D eigenvalue weighted by molar-refractivity contribution is 0.633. The molecule has 0 fully saturated rings. The third-order valence-corrected chi connectivity index (χ3v) is 9.93. The van der Waals surface area contributed by atoms with E-state index in [1.165, 1.54) is 0 Å².